The highest BCUT2D eigenvalue weighted by Crippen LogP contribution is 2.02. The Hall–Kier alpha value is -2.17. The number of hydrogen-bond acceptors (Lipinski definition) is 2. The highest BCUT2D eigenvalue weighted by atomic mass is 19.1. The van der Waals surface area contributed by atoms with Gasteiger partial charge in [0.2, 0.25) is 0 Å². The van der Waals surface area contributed by atoms with Gasteiger partial charge in [0.1, 0.15) is 5.82 Å². The highest BCUT2D eigenvalue weighted by molar-refractivity contribution is 5.94. The van der Waals surface area contributed by atoms with E-state index in [-0.39, 0.29) is 11.7 Å². The normalized spacial score (nSPS) is 10.2. The number of nitrogens with one attached hydrogen (secondary N) is 2. The Balaban J connectivity index is 1.83. The summed E-state index contributed by atoms with van der Waals surface area (Å²) in [6.45, 7) is 0.512. The van der Waals surface area contributed by atoms with Gasteiger partial charge in [-0.25, -0.2) is 9.37 Å². The van der Waals surface area contributed by atoms with Crippen LogP contribution in [-0.2, 0) is 6.42 Å². The lowest BCUT2D eigenvalue weighted by Gasteiger charge is -2.03. The number of aromatic amines is 1. The second kappa shape index (κ2) is 5.25. The van der Waals surface area contributed by atoms with E-state index in [0.29, 0.717) is 18.5 Å². The van der Waals surface area contributed by atoms with Crippen LogP contribution in [0.3, 0.4) is 0 Å². The molecule has 0 radical (unpaired) electrons. The highest BCUT2D eigenvalue weighted by Gasteiger charge is 2.04. The first-order valence-electron chi connectivity index (χ1n) is 5.27. The van der Waals surface area contributed by atoms with E-state index in [0.717, 1.165) is 5.69 Å². The Morgan fingerprint density at radius 1 is 1.35 bits per heavy atom. The zero-order valence-corrected chi connectivity index (χ0v) is 9.11. The number of H-pyrrole nitrogens is 1. The molecule has 1 aromatic carbocycles. The zero-order chi connectivity index (χ0) is 12.1. The second-order valence-corrected chi connectivity index (χ2v) is 3.59. The molecule has 4 nitrogen and oxygen atoms in total. The predicted molar refractivity (Wildman–Crippen MR) is 61.0 cm³/mol. The van der Waals surface area contributed by atoms with E-state index in [1.54, 1.807) is 12.5 Å². The van der Waals surface area contributed by atoms with Crippen LogP contribution >= 0.6 is 0 Å². The van der Waals surface area contributed by atoms with E-state index in [1.807, 2.05) is 0 Å². The number of nitrogens with zero attached hydrogens (tertiary/aromatic N) is 1. The van der Waals surface area contributed by atoms with Crippen LogP contribution in [0, 0.1) is 5.82 Å². The maximum Gasteiger partial charge on any atom is 0.251 e. The van der Waals surface area contributed by atoms with Crippen LogP contribution in [0.25, 0.3) is 0 Å². The third kappa shape index (κ3) is 3.14. The molecule has 0 aliphatic heterocycles. The molecule has 0 unspecified atom stereocenters. The average Bonchev–Trinajstić information content (AvgIpc) is 2.83. The summed E-state index contributed by atoms with van der Waals surface area (Å²) in [5.41, 5.74) is 1.42. The van der Waals surface area contributed by atoms with Gasteiger partial charge < -0.3 is 10.3 Å². The Morgan fingerprint density at radius 2 is 2.12 bits per heavy atom. The Bertz CT molecular complexity index is 479. The van der Waals surface area contributed by atoms with Gasteiger partial charge in [-0.1, -0.05) is 0 Å². The molecule has 2 rings (SSSR count). The van der Waals surface area contributed by atoms with E-state index in [1.165, 1.54) is 24.3 Å². The molecule has 0 saturated carbocycles. The van der Waals surface area contributed by atoms with Gasteiger partial charge in [-0.15, -0.1) is 0 Å². The maximum atomic E-state index is 12.6. The predicted octanol–water partition coefficient (Wildman–Crippen LogP) is 1.52. The number of amides is 1. The second-order valence-electron chi connectivity index (χ2n) is 3.59. The number of halogens is 1. The number of hydrogen-bond donors (Lipinski definition) is 2. The number of imidazole rings is 1. The lowest BCUT2D eigenvalue weighted by Crippen LogP contribution is -2.25. The number of carbonyl (C=O) groups is 1. The third-order valence-electron chi connectivity index (χ3n) is 2.34. The largest absolute Gasteiger partial charge is 0.352 e. The molecule has 0 bridgehead atoms. The van der Waals surface area contributed by atoms with Crippen molar-refractivity contribution in [3.05, 3.63) is 53.9 Å². The summed E-state index contributed by atoms with van der Waals surface area (Å²) in [4.78, 5) is 18.4. The van der Waals surface area contributed by atoms with Gasteiger partial charge in [0.05, 0.1) is 6.33 Å². The molecule has 0 fully saturated rings. The van der Waals surface area contributed by atoms with Gasteiger partial charge in [0.15, 0.2) is 0 Å². The van der Waals surface area contributed by atoms with Crippen molar-refractivity contribution in [2.75, 3.05) is 6.54 Å². The van der Waals surface area contributed by atoms with Crippen LogP contribution in [0.15, 0.2) is 36.8 Å². The molecule has 17 heavy (non-hydrogen) atoms. The molecule has 0 aliphatic carbocycles. The van der Waals surface area contributed by atoms with E-state index < -0.39 is 0 Å². The number of aromatic nitrogens is 2. The average molecular weight is 233 g/mol. The molecule has 2 N–H and O–H groups in total. The zero-order valence-electron chi connectivity index (χ0n) is 9.11. The molecule has 88 valence electrons. The van der Waals surface area contributed by atoms with Crippen molar-refractivity contribution in [1.82, 2.24) is 15.3 Å². The molecule has 1 aromatic heterocycles. The first-order valence-corrected chi connectivity index (χ1v) is 5.27. The van der Waals surface area contributed by atoms with Crippen molar-refractivity contribution < 1.29 is 9.18 Å². The van der Waals surface area contributed by atoms with Gasteiger partial charge in [-0.2, -0.15) is 0 Å². The van der Waals surface area contributed by atoms with Crippen molar-refractivity contribution in [2.45, 2.75) is 6.42 Å². The fraction of sp³-hybridized carbons (Fsp3) is 0.167. The van der Waals surface area contributed by atoms with Crippen LogP contribution in [0.1, 0.15) is 16.1 Å². The Labute approximate surface area is 97.9 Å². The van der Waals surface area contributed by atoms with Crippen molar-refractivity contribution in [3.63, 3.8) is 0 Å². The quantitative estimate of drug-likeness (QED) is 0.841. The van der Waals surface area contributed by atoms with E-state index in [2.05, 4.69) is 15.3 Å². The summed E-state index contributed by atoms with van der Waals surface area (Å²) in [5, 5.41) is 2.75. The Morgan fingerprint density at radius 3 is 2.76 bits per heavy atom. The van der Waals surface area contributed by atoms with Crippen molar-refractivity contribution in [3.8, 4) is 0 Å². The van der Waals surface area contributed by atoms with Crippen LogP contribution in [0.4, 0.5) is 4.39 Å². The molecular formula is C12H12FN3O. The van der Waals surface area contributed by atoms with Crippen molar-refractivity contribution in [1.29, 1.82) is 0 Å². The molecule has 0 saturated heterocycles. The van der Waals surface area contributed by atoms with E-state index in [4.69, 9.17) is 0 Å². The topological polar surface area (TPSA) is 57.8 Å². The fourth-order valence-corrected chi connectivity index (χ4v) is 1.44. The molecule has 1 heterocycles. The molecule has 5 heteroatoms. The minimum absolute atomic E-state index is 0.204. The lowest BCUT2D eigenvalue weighted by molar-refractivity contribution is 0.0954. The summed E-state index contributed by atoms with van der Waals surface area (Å²) in [6, 6.07) is 5.45. The molecule has 0 aliphatic rings. The van der Waals surface area contributed by atoms with Gasteiger partial charge in [0, 0.05) is 30.4 Å². The SMILES string of the molecule is O=C(NCCc1cnc[nH]1)c1ccc(F)cc1. The summed E-state index contributed by atoms with van der Waals surface area (Å²) in [6.07, 6.45) is 3.99. The van der Waals surface area contributed by atoms with E-state index >= 15 is 0 Å². The maximum absolute atomic E-state index is 12.6. The van der Waals surface area contributed by atoms with Gasteiger partial charge in [-0.3, -0.25) is 4.79 Å². The lowest BCUT2D eigenvalue weighted by atomic mass is 10.2. The number of benzene rings is 1. The van der Waals surface area contributed by atoms with Crippen molar-refractivity contribution in [2.24, 2.45) is 0 Å². The minimum Gasteiger partial charge on any atom is -0.352 e. The molecule has 2 aromatic rings. The van der Waals surface area contributed by atoms with E-state index in [9.17, 15) is 9.18 Å². The smallest absolute Gasteiger partial charge is 0.251 e. The van der Waals surface area contributed by atoms with Crippen LogP contribution in [0.5, 0.6) is 0 Å². The summed E-state index contributed by atoms with van der Waals surface area (Å²) < 4.78 is 12.6. The Kier molecular flexibility index (Phi) is 3.49. The first kappa shape index (κ1) is 11.3. The number of rotatable bonds is 4. The van der Waals surface area contributed by atoms with Crippen LogP contribution in [-0.4, -0.2) is 22.4 Å². The third-order valence-corrected chi connectivity index (χ3v) is 2.34. The standard InChI is InChI=1S/C12H12FN3O/c13-10-3-1-9(2-4-10)12(17)15-6-5-11-7-14-8-16-11/h1-4,7-8H,5-6H2,(H,14,16)(H,15,17). The van der Waals surface area contributed by atoms with Gasteiger partial charge in [-0.05, 0) is 24.3 Å². The summed E-state index contributed by atoms with van der Waals surface area (Å²) in [7, 11) is 0. The monoisotopic (exact) mass is 233 g/mol. The fourth-order valence-electron chi connectivity index (χ4n) is 1.44. The van der Waals surface area contributed by atoms with Gasteiger partial charge >= 0.3 is 0 Å². The molecule has 0 atom stereocenters. The minimum atomic E-state index is -0.348. The van der Waals surface area contributed by atoms with Gasteiger partial charge in [0.25, 0.3) is 5.91 Å². The summed E-state index contributed by atoms with van der Waals surface area (Å²) >= 11 is 0. The van der Waals surface area contributed by atoms with Crippen LogP contribution < -0.4 is 5.32 Å². The van der Waals surface area contributed by atoms with Crippen LogP contribution in [0.2, 0.25) is 0 Å². The number of carbonyl (C=O) groups excluding carboxylic acids is 1. The molecule has 0 spiro atoms. The summed E-state index contributed by atoms with van der Waals surface area (Å²) in [5.74, 6) is -0.552. The molecular weight excluding hydrogens is 221 g/mol. The molecule has 1 amide bonds. The van der Waals surface area contributed by atoms with Crippen molar-refractivity contribution >= 4 is 5.91 Å². The first-order chi connectivity index (χ1) is 8.25.